The van der Waals surface area contributed by atoms with E-state index in [-0.39, 0.29) is 21.9 Å². The number of likely N-dealkylation sites (tertiary alicyclic amines) is 2. The van der Waals surface area contributed by atoms with Crippen LogP contribution < -0.4 is 4.74 Å². The van der Waals surface area contributed by atoms with E-state index in [9.17, 15) is 9.59 Å². The molecule has 0 atom stereocenters. The van der Waals surface area contributed by atoms with Gasteiger partial charge in [0, 0.05) is 37.8 Å². The van der Waals surface area contributed by atoms with Crippen molar-refractivity contribution in [2.75, 3.05) is 33.3 Å². The molecule has 0 unspecified atom stereocenters. The molecule has 6 aliphatic rings. The Morgan fingerprint density at radius 3 is 2.12 bits per heavy atom. The monoisotopic (exact) mass is 471 g/mol. The molecular weight excluding hydrogens is 438 g/mol. The second kappa shape index (κ2) is 7.86. The largest absolute Gasteiger partial charge is 0.481 e. The average Bonchev–Trinajstić information content (AvgIpc) is 3.20. The predicted molar refractivity (Wildman–Crippen MR) is 125 cm³/mol. The molecule has 7 rings (SSSR count). The lowest BCUT2D eigenvalue weighted by atomic mass is 9.49. The number of rotatable bonds is 3. The third kappa shape index (κ3) is 3.73. The van der Waals surface area contributed by atoms with Gasteiger partial charge in [-0.3, -0.25) is 9.59 Å². The van der Waals surface area contributed by atoms with Crippen molar-refractivity contribution in [2.24, 2.45) is 28.6 Å². The van der Waals surface area contributed by atoms with Gasteiger partial charge in [0.15, 0.2) is 0 Å². The van der Waals surface area contributed by atoms with Crippen molar-refractivity contribution in [2.45, 2.75) is 57.8 Å². The molecule has 1 spiro atoms. The highest BCUT2D eigenvalue weighted by atomic mass is 35.5. The number of halogens is 1. The molecule has 0 radical (unpaired) electrons. The van der Waals surface area contributed by atoms with Crippen LogP contribution in [0.5, 0.6) is 5.88 Å². The minimum atomic E-state index is -0.0450. The lowest BCUT2D eigenvalue weighted by molar-refractivity contribution is -0.157. The second-order valence-electron chi connectivity index (χ2n) is 11.7. The maximum Gasteiger partial charge on any atom is 0.254 e. The van der Waals surface area contributed by atoms with Crippen LogP contribution in [-0.4, -0.2) is 59.9 Å². The Bertz CT molecular complexity index is 936. The van der Waals surface area contributed by atoms with E-state index in [1.807, 2.05) is 4.90 Å². The molecule has 4 saturated carbocycles. The summed E-state index contributed by atoms with van der Waals surface area (Å²) in [6.45, 7) is 3.22. The van der Waals surface area contributed by atoms with Crippen LogP contribution in [0, 0.1) is 28.6 Å². The van der Waals surface area contributed by atoms with Crippen molar-refractivity contribution in [3.8, 4) is 5.88 Å². The van der Waals surface area contributed by atoms with Gasteiger partial charge in [-0.25, -0.2) is 4.98 Å². The summed E-state index contributed by atoms with van der Waals surface area (Å²) in [6, 6.07) is 3.26. The molecule has 0 aromatic carbocycles. The van der Waals surface area contributed by atoms with Crippen LogP contribution in [-0.2, 0) is 4.79 Å². The van der Waals surface area contributed by atoms with Crippen molar-refractivity contribution in [3.63, 3.8) is 0 Å². The highest BCUT2D eigenvalue weighted by Gasteiger charge is 2.57. The zero-order valence-electron chi connectivity index (χ0n) is 19.5. The van der Waals surface area contributed by atoms with Gasteiger partial charge in [-0.2, -0.15) is 0 Å². The van der Waals surface area contributed by atoms with E-state index < -0.39 is 0 Å². The van der Waals surface area contributed by atoms with E-state index in [0.717, 1.165) is 82.5 Å². The minimum absolute atomic E-state index is 0.0213. The highest BCUT2D eigenvalue weighted by molar-refractivity contribution is 6.29. The maximum atomic E-state index is 13.8. The zero-order chi connectivity index (χ0) is 22.8. The Kier molecular flexibility index (Phi) is 5.17. The van der Waals surface area contributed by atoms with E-state index >= 15 is 0 Å². The molecule has 6 fully saturated rings. The van der Waals surface area contributed by atoms with Gasteiger partial charge in [0.05, 0.1) is 12.5 Å². The van der Waals surface area contributed by atoms with Gasteiger partial charge in [0.25, 0.3) is 5.91 Å². The molecule has 4 aliphatic carbocycles. The lowest BCUT2D eigenvalue weighted by Crippen LogP contribution is -2.54. The number of hydrogen-bond donors (Lipinski definition) is 0. The number of ether oxygens (including phenoxy) is 1. The number of piperidine rings is 1. The molecule has 3 heterocycles. The lowest BCUT2D eigenvalue weighted by Gasteiger charge is -2.56. The van der Waals surface area contributed by atoms with Gasteiger partial charge < -0.3 is 14.5 Å². The van der Waals surface area contributed by atoms with Gasteiger partial charge in [0.2, 0.25) is 11.8 Å². The summed E-state index contributed by atoms with van der Waals surface area (Å²) >= 11 is 6.07. The van der Waals surface area contributed by atoms with Crippen LogP contribution in [0.2, 0.25) is 5.15 Å². The summed E-state index contributed by atoms with van der Waals surface area (Å²) in [5.74, 6) is 3.19. The Morgan fingerprint density at radius 2 is 1.55 bits per heavy atom. The predicted octanol–water partition coefficient (Wildman–Crippen LogP) is 4.41. The Hall–Kier alpha value is -1.82. The summed E-state index contributed by atoms with van der Waals surface area (Å²) in [5.41, 5.74) is 0.645. The van der Waals surface area contributed by atoms with Gasteiger partial charge in [-0.1, -0.05) is 11.6 Å². The third-order valence-corrected chi connectivity index (χ3v) is 9.75. The number of hydrogen-bond acceptors (Lipinski definition) is 4. The number of amides is 2. The first-order valence-electron chi connectivity index (χ1n) is 12.7. The van der Waals surface area contributed by atoms with Crippen LogP contribution in [0.4, 0.5) is 0 Å². The van der Waals surface area contributed by atoms with Crippen molar-refractivity contribution in [1.29, 1.82) is 0 Å². The van der Waals surface area contributed by atoms with Gasteiger partial charge in [-0.05, 0) is 87.0 Å². The van der Waals surface area contributed by atoms with E-state index in [0.29, 0.717) is 17.4 Å². The molecule has 2 aliphatic heterocycles. The molecule has 4 bridgehead atoms. The third-order valence-electron chi connectivity index (χ3n) is 9.56. The number of aromatic nitrogens is 1. The number of carbonyl (C=O) groups is 2. The molecule has 1 aromatic rings. The number of nitrogens with zero attached hydrogens (tertiary/aromatic N) is 3. The van der Waals surface area contributed by atoms with Crippen molar-refractivity contribution in [1.82, 2.24) is 14.8 Å². The maximum absolute atomic E-state index is 13.8. The molecule has 6 nitrogen and oxygen atoms in total. The Labute approximate surface area is 201 Å². The summed E-state index contributed by atoms with van der Waals surface area (Å²) in [5, 5.41) is 0.265. The standard InChI is InChI=1S/C26H34ClN3O3/c1-33-22-12-20(11-21(27)28-22)23(31)29-5-2-25(3-6-29)4-7-30(16-25)24(32)26-13-17-8-18(14-26)10-19(9-17)15-26/h11-12,17-19H,2-10,13-16H2,1H3. The first kappa shape index (κ1) is 21.7. The summed E-state index contributed by atoms with van der Waals surface area (Å²) < 4.78 is 5.17. The van der Waals surface area contributed by atoms with E-state index in [2.05, 4.69) is 9.88 Å². The van der Waals surface area contributed by atoms with Crippen molar-refractivity contribution in [3.05, 3.63) is 22.8 Å². The SMILES string of the molecule is COc1cc(C(=O)N2CCC3(CC2)CCN(C(=O)C24CC5CC(CC(C5)C2)C4)C3)cc(Cl)n1. The van der Waals surface area contributed by atoms with Crippen LogP contribution in [0.1, 0.15) is 68.1 Å². The number of carbonyl (C=O) groups excluding carboxylic acids is 2. The van der Waals surface area contributed by atoms with Crippen LogP contribution >= 0.6 is 11.6 Å². The zero-order valence-corrected chi connectivity index (χ0v) is 20.3. The quantitative estimate of drug-likeness (QED) is 0.612. The fourth-order valence-corrected chi connectivity index (χ4v) is 8.49. The molecule has 178 valence electrons. The van der Waals surface area contributed by atoms with Crippen molar-refractivity contribution < 1.29 is 14.3 Å². The van der Waals surface area contributed by atoms with Gasteiger partial charge in [0.1, 0.15) is 5.15 Å². The van der Waals surface area contributed by atoms with Crippen LogP contribution in [0.25, 0.3) is 0 Å². The van der Waals surface area contributed by atoms with Gasteiger partial charge in [-0.15, -0.1) is 0 Å². The molecule has 33 heavy (non-hydrogen) atoms. The Morgan fingerprint density at radius 1 is 0.970 bits per heavy atom. The first-order valence-corrected chi connectivity index (χ1v) is 13.1. The number of methoxy groups -OCH3 is 1. The molecular formula is C26H34ClN3O3. The van der Waals surface area contributed by atoms with Gasteiger partial charge >= 0.3 is 0 Å². The Balaban J connectivity index is 1.10. The van der Waals surface area contributed by atoms with Crippen LogP contribution in [0.15, 0.2) is 12.1 Å². The van der Waals surface area contributed by atoms with E-state index in [4.69, 9.17) is 16.3 Å². The second-order valence-corrected chi connectivity index (χ2v) is 12.1. The molecule has 0 N–H and O–H groups in total. The molecule has 7 heteroatoms. The smallest absolute Gasteiger partial charge is 0.254 e. The topological polar surface area (TPSA) is 62.7 Å². The summed E-state index contributed by atoms with van der Waals surface area (Å²) in [4.78, 5) is 35.1. The fourth-order valence-electron chi connectivity index (χ4n) is 8.29. The normalized spacial score (nSPS) is 34.2. The van der Waals surface area contributed by atoms with Crippen molar-refractivity contribution >= 4 is 23.4 Å². The molecule has 2 amide bonds. The first-order chi connectivity index (χ1) is 15.9. The number of pyridine rings is 1. The average molecular weight is 472 g/mol. The fraction of sp³-hybridized carbons (Fsp3) is 0.731. The summed E-state index contributed by atoms with van der Waals surface area (Å²) in [6.07, 6.45) is 10.5. The van der Waals surface area contributed by atoms with E-state index in [1.54, 1.807) is 12.1 Å². The molecule has 1 aromatic heterocycles. The minimum Gasteiger partial charge on any atom is -0.481 e. The summed E-state index contributed by atoms with van der Waals surface area (Å²) in [7, 11) is 1.52. The highest BCUT2D eigenvalue weighted by Crippen LogP contribution is 2.61. The van der Waals surface area contributed by atoms with Crippen LogP contribution in [0.3, 0.4) is 0 Å². The molecule has 2 saturated heterocycles. The van der Waals surface area contributed by atoms with E-state index in [1.165, 1.54) is 26.4 Å².